The number of rotatable bonds is 1. The van der Waals surface area contributed by atoms with Crippen LogP contribution in [-0.4, -0.2) is 0 Å². The minimum atomic E-state index is 0.237. The van der Waals surface area contributed by atoms with E-state index in [0.29, 0.717) is 0 Å². The smallest absolute Gasteiger partial charge is 0.0768 e. The first kappa shape index (κ1) is 11.3. The Morgan fingerprint density at radius 1 is 0.750 bits per heavy atom. The summed E-state index contributed by atoms with van der Waals surface area (Å²) in [4.78, 5) is 0. The van der Waals surface area contributed by atoms with Crippen molar-refractivity contribution in [2.75, 3.05) is 0 Å². The van der Waals surface area contributed by atoms with Gasteiger partial charge in [-0.3, -0.25) is 0 Å². The highest BCUT2D eigenvalue weighted by molar-refractivity contribution is 5.83. The maximum Gasteiger partial charge on any atom is 0.0768 e. The summed E-state index contributed by atoms with van der Waals surface area (Å²) in [5.74, 6) is 0. The molecule has 1 unspecified atom stereocenters. The largest absolute Gasteiger partial charge is 0.380 e. The fraction of sp³-hybridized carbons (Fsp3) is 0.0526. The Balaban J connectivity index is 1.85. The van der Waals surface area contributed by atoms with Crippen molar-refractivity contribution < 1.29 is 0 Å². The van der Waals surface area contributed by atoms with Crippen molar-refractivity contribution in [3.63, 3.8) is 0 Å². The quantitative estimate of drug-likeness (QED) is 0.676. The highest BCUT2D eigenvalue weighted by atomic mass is 14.9. The fourth-order valence-electron chi connectivity index (χ4n) is 2.91. The van der Waals surface area contributed by atoms with Gasteiger partial charge in [0.15, 0.2) is 0 Å². The van der Waals surface area contributed by atoms with Gasteiger partial charge in [-0.2, -0.15) is 0 Å². The van der Waals surface area contributed by atoms with Crippen molar-refractivity contribution in [3.8, 4) is 0 Å². The predicted molar refractivity (Wildman–Crippen MR) is 84.4 cm³/mol. The molecule has 0 saturated carbocycles. The van der Waals surface area contributed by atoms with Gasteiger partial charge < -0.3 is 5.32 Å². The van der Waals surface area contributed by atoms with E-state index in [1.165, 1.54) is 27.5 Å². The lowest BCUT2D eigenvalue weighted by molar-refractivity contribution is 0.722. The lowest BCUT2D eigenvalue weighted by Crippen LogP contribution is -2.20. The Bertz CT molecular complexity index is 801. The maximum absolute atomic E-state index is 3.48. The number of benzene rings is 3. The molecule has 0 aromatic heterocycles. The van der Waals surface area contributed by atoms with E-state index in [4.69, 9.17) is 0 Å². The van der Waals surface area contributed by atoms with E-state index in [1.807, 2.05) is 6.20 Å². The predicted octanol–water partition coefficient (Wildman–Crippen LogP) is 4.50. The van der Waals surface area contributed by atoms with Crippen LogP contribution in [0, 0.1) is 0 Å². The summed E-state index contributed by atoms with van der Waals surface area (Å²) < 4.78 is 0. The topological polar surface area (TPSA) is 12.0 Å². The second kappa shape index (κ2) is 4.53. The number of hydrogen-bond donors (Lipinski definition) is 1. The van der Waals surface area contributed by atoms with E-state index < -0.39 is 0 Å². The first-order chi connectivity index (χ1) is 9.92. The Morgan fingerprint density at radius 2 is 1.55 bits per heavy atom. The second-order valence-electron chi connectivity index (χ2n) is 5.17. The van der Waals surface area contributed by atoms with Gasteiger partial charge in [0.1, 0.15) is 0 Å². The molecule has 0 bridgehead atoms. The van der Waals surface area contributed by atoms with Crippen molar-refractivity contribution in [1.82, 2.24) is 5.32 Å². The van der Waals surface area contributed by atoms with Gasteiger partial charge in [-0.05, 0) is 45.8 Å². The molecular formula is C19H15N. The number of nitrogens with one attached hydrogen (secondary N) is 1. The molecule has 0 spiro atoms. The molecule has 3 aromatic rings. The number of fused-ring (bicyclic) bond motifs is 2. The van der Waals surface area contributed by atoms with Crippen LogP contribution in [0.3, 0.4) is 0 Å². The molecule has 1 aliphatic rings. The summed E-state index contributed by atoms with van der Waals surface area (Å²) in [6.45, 7) is 0. The van der Waals surface area contributed by atoms with Crippen molar-refractivity contribution in [2.45, 2.75) is 6.04 Å². The van der Waals surface area contributed by atoms with Crippen molar-refractivity contribution >= 4 is 16.8 Å². The molecule has 96 valence electrons. The van der Waals surface area contributed by atoms with Gasteiger partial charge in [-0.25, -0.2) is 0 Å². The zero-order valence-electron chi connectivity index (χ0n) is 11.1. The van der Waals surface area contributed by atoms with Crippen molar-refractivity contribution in [2.24, 2.45) is 0 Å². The molecule has 1 atom stereocenters. The second-order valence-corrected chi connectivity index (χ2v) is 5.17. The summed E-state index contributed by atoms with van der Waals surface area (Å²) in [5.41, 5.74) is 3.94. The van der Waals surface area contributed by atoms with Gasteiger partial charge in [0.05, 0.1) is 6.04 Å². The minimum absolute atomic E-state index is 0.237. The van der Waals surface area contributed by atoms with Crippen molar-refractivity contribution in [1.29, 1.82) is 0 Å². The van der Waals surface area contributed by atoms with Gasteiger partial charge in [-0.15, -0.1) is 0 Å². The molecule has 0 saturated heterocycles. The van der Waals surface area contributed by atoms with E-state index in [0.717, 1.165) is 0 Å². The Labute approximate surface area is 118 Å². The van der Waals surface area contributed by atoms with Crippen LogP contribution in [0.1, 0.15) is 22.7 Å². The molecule has 4 rings (SSSR count). The first-order valence-electron chi connectivity index (χ1n) is 6.92. The molecule has 1 N–H and O–H groups in total. The van der Waals surface area contributed by atoms with Gasteiger partial charge in [0, 0.05) is 0 Å². The Kier molecular flexibility index (Phi) is 2.56. The SMILES string of the molecule is C1=Cc2ccccc2C(c2ccc3ccccc3c2)N1. The summed E-state index contributed by atoms with van der Waals surface area (Å²) in [5, 5.41) is 6.05. The monoisotopic (exact) mass is 257 g/mol. The molecule has 1 heteroatoms. The summed E-state index contributed by atoms with van der Waals surface area (Å²) in [6, 6.07) is 24.0. The zero-order valence-corrected chi connectivity index (χ0v) is 11.1. The molecule has 1 heterocycles. The van der Waals surface area contributed by atoms with Crippen LogP contribution < -0.4 is 5.32 Å². The van der Waals surface area contributed by atoms with Gasteiger partial charge >= 0.3 is 0 Å². The lowest BCUT2D eigenvalue weighted by Gasteiger charge is -2.24. The van der Waals surface area contributed by atoms with Crippen LogP contribution in [0.4, 0.5) is 0 Å². The molecule has 3 aromatic carbocycles. The van der Waals surface area contributed by atoms with Crippen LogP contribution in [0.25, 0.3) is 16.8 Å². The fourth-order valence-corrected chi connectivity index (χ4v) is 2.91. The summed E-state index contributed by atoms with van der Waals surface area (Å²) in [7, 11) is 0. The van der Waals surface area contributed by atoms with Crippen LogP contribution in [0.15, 0.2) is 72.9 Å². The lowest BCUT2D eigenvalue weighted by atomic mass is 9.91. The molecule has 1 aliphatic heterocycles. The van der Waals surface area contributed by atoms with E-state index >= 15 is 0 Å². The average Bonchev–Trinajstić information content (AvgIpc) is 2.54. The van der Waals surface area contributed by atoms with E-state index in [9.17, 15) is 0 Å². The Morgan fingerprint density at radius 3 is 2.50 bits per heavy atom. The zero-order chi connectivity index (χ0) is 13.4. The van der Waals surface area contributed by atoms with Crippen LogP contribution in [-0.2, 0) is 0 Å². The molecule has 0 fully saturated rings. The third kappa shape index (κ3) is 1.79. The number of hydrogen-bond acceptors (Lipinski definition) is 1. The third-order valence-electron chi connectivity index (χ3n) is 3.94. The van der Waals surface area contributed by atoms with E-state index in [1.54, 1.807) is 0 Å². The third-order valence-corrected chi connectivity index (χ3v) is 3.94. The normalized spacial score (nSPS) is 16.7. The van der Waals surface area contributed by atoms with Gasteiger partial charge in [0.25, 0.3) is 0 Å². The molecule has 1 nitrogen and oxygen atoms in total. The highest BCUT2D eigenvalue weighted by Gasteiger charge is 2.17. The summed E-state index contributed by atoms with van der Waals surface area (Å²) in [6.07, 6.45) is 4.18. The van der Waals surface area contributed by atoms with Crippen molar-refractivity contribution in [3.05, 3.63) is 89.6 Å². The molecule has 0 amide bonds. The highest BCUT2D eigenvalue weighted by Crippen LogP contribution is 2.30. The average molecular weight is 257 g/mol. The van der Waals surface area contributed by atoms with E-state index in [-0.39, 0.29) is 6.04 Å². The molecule has 0 radical (unpaired) electrons. The van der Waals surface area contributed by atoms with Gasteiger partial charge in [0.2, 0.25) is 0 Å². The van der Waals surface area contributed by atoms with Crippen LogP contribution in [0.5, 0.6) is 0 Å². The molecular weight excluding hydrogens is 242 g/mol. The minimum Gasteiger partial charge on any atom is -0.380 e. The van der Waals surface area contributed by atoms with Crippen LogP contribution in [0.2, 0.25) is 0 Å². The van der Waals surface area contributed by atoms with Crippen LogP contribution >= 0.6 is 0 Å². The standard InChI is InChI=1S/C19H15N/c1-2-7-16-13-17(10-9-14(16)5-1)19-18-8-4-3-6-15(18)11-12-20-19/h1-13,19-20H. The van der Waals surface area contributed by atoms with Gasteiger partial charge in [-0.1, -0.05) is 60.7 Å². The maximum atomic E-state index is 3.48. The first-order valence-corrected chi connectivity index (χ1v) is 6.92. The molecule has 20 heavy (non-hydrogen) atoms. The van der Waals surface area contributed by atoms with E-state index in [2.05, 4.69) is 78.1 Å². The Hall–Kier alpha value is -2.54. The molecule has 0 aliphatic carbocycles. The summed E-state index contributed by atoms with van der Waals surface area (Å²) >= 11 is 0.